The lowest BCUT2D eigenvalue weighted by Crippen LogP contribution is -2.05. The van der Waals surface area contributed by atoms with Crippen LogP contribution in [0.25, 0.3) is 0 Å². The summed E-state index contributed by atoms with van der Waals surface area (Å²) in [5, 5.41) is 11.9. The molecule has 0 saturated heterocycles. The molecule has 1 aliphatic carbocycles. The average Bonchev–Trinajstić information content (AvgIpc) is 2.72. The summed E-state index contributed by atoms with van der Waals surface area (Å²) in [6.45, 7) is 2.39. The molecular weight excluding hydrogens is 214 g/mol. The first-order chi connectivity index (χ1) is 8.15. The van der Waals surface area contributed by atoms with Crippen LogP contribution in [0.1, 0.15) is 24.5 Å². The van der Waals surface area contributed by atoms with Crippen molar-refractivity contribution in [3.63, 3.8) is 0 Å². The van der Waals surface area contributed by atoms with E-state index in [2.05, 4.69) is 23.5 Å². The van der Waals surface area contributed by atoms with E-state index >= 15 is 0 Å². The molecule has 0 saturated carbocycles. The number of hydrogen-bond donors (Lipinski definition) is 2. The van der Waals surface area contributed by atoms with Gasteiger partial charge in [0, 0.05) is 18.3 Å². The minimum Gasteiger partial charge on any atom is -0.478 e. The average molecular weight is 231 g/mol. The van der Waals surface area contributed by atoms with Gasteiger partial charge in [0.1, 0.15) is 0 Å². The van der Waals surface area contributed by atoms with Gasteiger partial charge in [-0.2, -0.15) is 0 Å². The van der Waals surface area contributed by atoms with Crippen molar-refractivity contribution < 1.29 is 9.90 Å². The van der Waals surface area contributed by atoms with Crippen LogP contribution < -0.4 is 5.32 Å². The predicted molar refractivity (Wildman–Crippen MR) is 68.3 cm³/mol. The maximum atomic E-state index is 10.5. The van der Waals surface area contributed by atoms with Crippen molar-refractivity contribution in [1.82, 2.24) is 0 Å². The molecule has 1 aromatic rings. The first-order valence-electron chi connectivity index (χ1n) is 5.91. The summed E-state index contributed by atoms with van der Waals surface area (Å²) in [6.07, 6.45) is 4.83. The van der Waals surface area contributed by atoms with Crippen molar-refractivity contribution in [2.45, 2.75) is 26.2 Å². The molecule has 0 aliphatic heterocycles. The van der Waals surface area contributed by atoms with Crippen LogP contribution in [0.15, 0.2) is 29.8 Å². The highest BCUT2D eigenvalue weighted by Gasteiger charge is 2.10. The molecule has 90 valence electrons. The van der Waals surface area contributed by atoms with Crippen molar-refractivity contribution in [1.29, 1.82) is 0 Å². The molecule has 0 aromatic heterocycles. The Morgan fingerprint density at radius 1 is 1.41 bits per heavy atom. The minimum atomic E-state index is -0.891. The molecule has 1 aromatic carbocycles. The SMILES string of the molecule is C/C(=C/C(=O)O)CNc1ccc2c(c1)CCC2. The fourth-order valence-corrected chi connectivity index (χ4v) is 2.19. The first-order valence-corrected chi connectivity index (χ1v) is 5.91. The number of anilines is 1. The van der Waals surface area contributed by atoms with Gasteiger partial charge in [-0.15, -0.1) is 0 Å². The van der Waals surface area contributed by atoms with E-state index in [1.54, 1.807) is 0 Å². The Morgan fingerprint density at radius 2 is 2.18 bits per heavy atom. The monoisotopic (exact) mass is 231 g/mol. The Kier molecular flexibility index (Phi) is 3.47. The van der Waals surface area contributed by atoms with Gasteiger partial charge in [-0.05, 0) is 55.0 Å². The van der Waals surface area contributed by atoms with E-state index in [1.165, 1.54) is 30.0 Å². The van der Waals surface area contributed by atoms with Gasteiger partial charge in [0.15, 0.2) is 0 Å². The van der Waals surface area contributed by atoms with Crippen molar-refractivity contribution >= 4 is 11.7 Å². The number of hydrogen-bond acceptors (Lipinski definition) is 2. The number of benzene rings is 1. The van der Waals surface area contributed by atoms with E-state index in [4.69, 9.17) is 5.11 Å². The number of aryl methyl sites for hydroxylation is 2. The second kappa shape index (κ2) is 5.04. The van der Waals surface area contributed by atoms with Gasteiger partial charge < -0.3 is 10.4 Å². The molecule has 2 N–H and O–H groups in total. The molecule has 0 atom stereocenters. The Hall–Kier alpha value is -1.77. The van der Waals surface area contributed by atoms with Gasteiger partial charge in [0.2, 0.25) is 0 Å². The smallest absolute Gasteiger partial charge is 0.328 e. The molecule has 17 heavy (non-hydrogen) atoms. The van der Waals surface area contributed by atoms with Crippen molar-refractivity contribution in [2.75, 3.05) is 11.9 Å². The maximum Gasteiger partial charge on any atom is 0.328 e. The van der Waals surface area contributed by atoms with Crippen LogP contribution in [0.5, 0.6) is 0 Å². The van der Waals surface area contributed by atoms with E-state index in [9.17, 15) is 4.79 Å². The first kappa shape index (κ1) is 11.7. The number of carboxylic acid groups (broad SMARTS) is 1. The number of carbonyl (C=O) groups is 1. The lowest BCUT2D eigenvalue weighted by molar-refractivity contribution is -0.131. The molecule has 0 amide bonds. The molecule has 1 aliphatic rings. The van der Waals surface area contributed by atoms with Gasteiger partial charge in [0.25, 0.3) is 0 Å². The van der Waals surface area contributed by atoms with Crippen LogP contribution in [0, 0.1) is 0 Å². The summed E-state index contributed by atoms with van der Waals surface area (Å²) >= 11 is 0. The third-order valence-electron chi connectivity index (χ3n) is 3.04. The van der Waals surface area contributed by atoms with Gasteiger partial charge in [-0.3, -0.25) is 0 Å². The zero-order chi connectivity index (χ0) is 12.3. The van der Waals surface area contributed by atoms with Gasteiger partial charge in [0.05, 0.1) is 0 Å². The van der Waals surface area contributed by atoms with Crippen molar-refractivity contribution in [2.24, 2.45) is 0 Å². The third kappa shape index (κ3) is 3.09. The Labute approximate surface area is 101 Å². The van der Waals surface area contributed by atoms with Crippen LogP contribution in [0.3, 0.4) is 0 Å². The zero-order valence-electron chi connectivity index (χ0n) is 9.99. The number of nitrogens with one attached hydrogen (secondary N) is 1. The summed E-state index contributed by atoms with van der Waals surface area (Å²) in [6, 6.07) is 6.41. The summed E-state index contributed by atoms with van der Waals surface area (Å²) < 4.78 is 0. The Balaban J connectivity index is 1.98. The van der Waals surface area contributed by atoms with Crippen molar-refractivity contribution in [3.8, 4) is 0 Å². The molecule has 2 rings (SSSR count). The highest BCUT2D eigenvalue weighted by molar-refractivity contribution is 5.80. The Bertz CT molecular complexity index is 463. The summed E-state index contributed by atoms with van der Waals surface area (Å²) in [4.78, 5) is 10.5. The van der Waals surface area contributed by atoms with Crippen LogP contribution in [0.2, 0.25) is 0 Å². The minimum absolute atomic E-state index is 0.574. The predicted octanol–water partition coefficient (Wildman–Crippen LogP) is 2.62. The molecular formula is C14H17NO2. The lowest BCUT2D eigenvalue weighted by Gasteiger charge is -2.08. The third-order valence-corrected chi connectivity index (χ3v) is 3.04. The van der Waals surface area contributed by atoms with Gasteiger partial charge in [-0.25, -0.2) is 4.79 Å². The molecule has 3 nitrogen and oxygen atoms in total. The van der Waals surface area contributed by atoms with Crippen LogP contribution in [0.4, 0.5) is 5.69 Å². The van der Waals surface area contributed by atoms with E-state index in [1.807, 2.05) is 6.92 Å². The van der Waals surface area contributed by atoms with E-state index in [0.717, 1.165) is 17.7 Å². The fraction of sp³-hybridized carbons (Fsp3) is 0.357. The molecule has 0 radical (unpaired) electrons. The number of rotatable bonds is 4. The number of carboxylic acids is 1. The lowest BCUT2D eigenvalue weighted by atomic mass is 10.1. The topological polar surface area (TPSA) is 49.3 Å². The molecule has 0 spiro atoms. The van der Waals surface area contributed by atoms with Crippen LogP contribution in [-0.2, 0) is 17.6 Å². The Morgan fingerprint density at radius 3 is 2.94 bits per heavy atom. The standard InChI is InChI=1S/C14H17NO2/c1-10(7-14(16)17)9-15-13-6-5-11-3-2-4-12(11)8-13/h5-8,15H,2-4,9H2,1H3,(H,16,17)/b10-7-. The molecule has 0 heterocycles. The van der Waals surface area contributed by atoms with Crippen molar-refractivity contribution in [3.05, 3.63) is 41.0 Å². The van der Waals surface area contributed by atoms with E-state index in [0.29, 0.717) is 6.54 Å². The fourth-order valence-electron chi connectivity index (χ4n) is 2.19. The summed E-state index contributed by atoms with van der Waals surface area (Å²) in [5.41, 5.74) is 4.77. The number of aliphatic carboxylic acids is 1. The molecule has 3 heteroatoms. The normalized spacial score (nSPS) is 14.5. The molecule has 0 fully saturated rings. The second-order valence-electron chi connectivity index (χ2n) is 4.52. The largest absolute Gasteiger partial charge is 0.478 e. The van der Waals surface area contributed by atoms with Gasteiger partial charge >= 0.3 is 5.97 Å². The number of fused-ring (bicyclic) bond motifs is 1. The summed E-state index contributed by atoms with van der Waals surface area (Å²) in [5.74, 6) is -0.891. The highest BCUT2D eigenvalue weighted by Crippen LogP contribution is 2.24. The molecule has 0 bridgehead atoms. The van der Waals surface area contributed by atoms with Crippen LogP contribution in [-0.4, -0.2) is 17.6 Å². The van der Waals surface area contributed by atoms with Gasteiger partial charge in [-0.1, -0.05) is 6.07 Å². The molecule has 0 unspecified atom stereocenters. The zero-order valence-corrected chi connectivity index (χ0v) is 9.99. The highest BCUT2D eigenvalue weighted by atomic mass is 16.4. The second-order valence-corrected chi connectivity index (χ2v) is 4.52. The maximum absolute atomic E-state index is 10.5. The van der Waals surface area contributed by atoms with E-state index < -0.39 is 5.97 Å². The van der Waals surface area contributed by atoms with E-state index in [-0.39, 0.29) is 0 Å². The summed E-state index contributed by atoms with van der Waals surface area (Å²) in [7, 11) is 0. The van der Waals surface area contributed by atoms with Crippen LogP contribution >= 0.6 is 0 Å². The quantitative estimate of drug-likeness (QED) is 0.783.